The van der Waals surface area contributed by atoms with Gasteiger partial charge in [-0.15, -0.1) is 0 Å². The molecule has 3 N–H and O–H groups in total. The molecule has 0 aliphatic rings. The second-order valence-corrected chi connectivity index (χ2v) is 2.30. The molecule has 1 heterocycles. The van der Waals surface area contributed by atoms with Crippen molar-refractivity contribution in [2.45, 2.75) is 13.5 Å². The zero-order valence-corrected chi connectivity index (χ0v) is 6.75. The van der Waals surface area contributed by atoms with Crippen molar-refractivity contribution < 1.29 is 0 Å². The van der Waals surface area contributed by atoms with Crippen LogP contribution in [0.4, 0.5) is 5.69 Å². The van der Waals surface area contributed by atoms with Crippen LogP contribution in [0.2, 0.25) is 0 Å². The van der Waals surface area contributed by atoms with Crippen LogP contribution in [-0.4, -0.2) is 22.9 Å². The van der Waals surface area contributed by atoms with Crippen molar-refractivity contribution in [3.05, 3.63) is 12.4 Å². The molecule has 1 rings (SSSR count). The van der Waals surface area contributed by atoms with E-state index in [9.17, 15) is 0 Å². The number of nitrogens with two attached hydrogens (primary N) is 1. The Morgan fingerprint density at radius 2 is 2.55 bits per heavy atom. The normalized spacial score (nSPS) is 10.0. The minimum Gasteiger partial charge on any atom is -0.381 e. The second kappa shape index (κ2) is 3.98. The molecule has 1 aromatic heterocycles. The summed E-state index contributed by atoms with van der Waals surface area (Å²) in [6.45, 7) is 4.41. The van der Waals surface area contributed by atoms with Gasteiger partial charge in [0.1, 0.15) is 0 Å². The third-order valence-electron chi connectivity index (χ3n) is 1.43. The number of nitrogens with one attached hydrogen (secondary N) is 1. The Morgan fingerprint density at radius 1 is 1.73 bits per heavy atom. The molecule has 0 saturated carbocycles. The van der Waals surface area contributed by atoms with E-state index in [1.54, 1.807) is 6.20 Å². The average Bonchev–Trinajstić information content (AvgIpc) is 2.48. The van der Waals surface area contributed by atoms with E-state index in [1.807, 2.05) is 10.9 Å². The van der Waals surface area contributed by atoms with E-state index in [-0.39, 0.29) is 0 Å². The van der Waals surface area contributed by atoms with Crippen LogP contribution in [0.15, 0.2) is 12.4 Å². The summed E-state index contributed by atoms with van der Waals surface area (Å²) in [6, 6.07) is 0. The summed E-state index contributed by atoms with van der Waals surface area (Å²) in [5, 5.41) is 7.24. The highest BCUT2D eigenvalue weighted by Crippen LogP contribution is 2.02. The van der Waals surface area contributed by atoms with Gasteiger partial charge < -0.3 is 11.1 Å². The number of hydrogen-bond acceptors (Lipinski definition) is 3. The first-order valence-corrected chi connectivity index (χ1v) is 3.83. The Hall–Kier alpha value is -1.03. The fraction of sp³-hybridized carbons (Fsp3) is 0.571. The van der Waals surface area contributed by atoms with Crippen molar-refractivity contribution in [1.29, 1.82) is 0 Å². The highest BCUT2D eigenvalue weighted by Gasteiger charge is 1.93. The number of hydrogen-bond donors (Lipinski definition) is 2. The van der Waals surface area contributed by atoms with Crippen molar-refractivity contribution in [1.82, 2.24) is 9.78 Å². The Balaban J connectivity index is 2.44. The molecule has 0 aliphatic carbocycles. The maximum Gasteiger partial charge on any atom is 0.0726 e. The molecule has 1 aromatic rings. The van der Waals surface area contributed by atoms with Crippen molar-refractivity contribution in [3.8, 4) is 0 Å². The second-order valence-electron chi connectivity index (χ2n) is 2.30. The quantitative estimate of drug-likeness (QED) is 0.654. The van der Waals surface area contributed by atoms with Gasteiger partial charge in [-0.3, -0.25) is 4.68 Å². The zero-order chi connectivity index (χ0) is 8.10. The zero-order valence-electron chi connectivity index (χ0n) is 6.75. The number of aromatic nitrogens is 2. The molecule has 11 heavy (non-hydrogen) atoms. The molecule has 0 saturated heterocycles. The van der Waals surface area contributed by atoms with Gasteiger partial charge in [0.25, 0.3) is 0 Å². The van der Waals surface area contributed by atoms with E-state index in [1.165, 1.54) is 0 Å². The van der Waals surface area contributed by atoms with Gasteiger partial charge in [-0.1, -0.05) is 0 Å². The topological polar surface area (TPSA) is 55.9 Å². The molecule has 0 spiro atoms. The Kier molecular flexibility index (Phi) is 2.92. The minimum absolute atomic E-state index is 0.650. The lowest BCUT2D eigenvalue weighted by Crippen LogP contribution is -2.12. The molecule has 0 bridgehead atoms. The predicted octanol–water partition coefficient (Wildman–Crippen LogP) is 0.274. The monoisotopic (exact) mass is 154 g/mol. The fourth-order valence-corrected chi connectivity index (χ4v) is 0.844. The summed E-state index contributed by atoms with van der Waals surface area (Å²) < 4.78 is 1.87. The number of rotatable bonds is 4. The minimum atomic E-state index is 0.650. The van der Waals surface area contributed by atoms with Gasteiger partial charge in [-0.2, -0.15) is 5.10 Å². The van der Waals surface area contributed by atoms with E-state index in [2.05, 4.69) is 17.3 Å². The standard InChI is InChI=1S/C7H14N4/c1-2-11-6-7(5-10-11)9-4-3-8/h5-6,9H,2-4,8H2,1H3. The molecular formula is C7H14N4. The van der Waals surface area contributed by atoms with Gasteiger partial charge in [-0.25, -0.2) is 0 Å². The Bertz CT molecular complexity index is 206. The molecule has 0 fully saturated rings. The van der Waals surface area contributed by atoms with Gasteiger partial charge >= 0.3 is 0 Å². The highest BCUT2D eigenvalue weighted by atomic mass is 15.3. The smallest absolute Gasteiger partial charge is 0.0726 e. The van der Waals surface area contributed by atoms with Crippen LogP contribution < -0.4 is 11.1 Å². The summed E-state index contributed by atoms with van der Waals surface area (Å²) >= 11 is 0. The van der Waals surface area contributed by atoms with Crippen molar-refractivity contribution in [3.63, 3.8) is 0 Å². The molecule has 0 radical (unpaired) electrons. The molecule has 0 aliphatic heterocycles. The van der Waals surface area contributed by atoms with E-state index in [4.69, 9.17) is 5.73 Å². The molecule has 0 unspecified atom stereocenters. The van der Waals surface area contributed by atoms with Gasteiger partial charge in [0.15, 0.2) is 0 Å². The largest absolute Gasteiger partial charge is 0.381 e. The lowest BCUT2D eigenvalue weighted by molar-refractivity contribution is 0.660. The van der Waals surface area contributed by atoms with Gasteiger partial charge in [-0.05, 0) is 6.92 Å². The molecule has 0 amide bonds. The predicted molar refractivity (Wildman–Crippen MR) is 45.4 cm³/mol. The van der Waals surface area contributed by atoms with Crippen LogP contribution in [-0.2, 0) is 6.54 Å². The molecule has 4 nitrogen and oxygen atoms in total. The van der Waals surface area contributed by atoms with Crippen molar-refractivity contribution >= 4 is 5.69 Å². The van der Waals surface area contributed by atoms with Gasteiger partial charge in [0, 0.05) is 25.8 Å². The number of anilines is 1. The summed E-state index contributed by atoms with van der Waals surface area (Å²) in [7, 11) is 0. The summed E-state index contributed by atoms with van der Waals surface area (Å²) in [6.07, 6.45) is 3.77. The van der Waals surface area contributed by atoms with E-state index in [0.29, 0.717) is 6.54 Å². The van der Waals surface area contributed by atoms with Crippen LogP contribution in [0.5, 0.6) is 0 Å². The fourth-order valence-electron chi connectivity index (χ4n) is 0.844. The van der Waals surface area contributed by atoms with Crippen LogP contribution in [0.1, 0.15) is 6.92 Å². The van der Waals surface area contributed by atoms with Gasteiger partial charge in [0.05, 0.1) is 11.9 Å². The lowest BCUT2D eigenvalue weighted by atomic mass is 10.5. The summed E-state index contributed by atoms with van der Waals surface area (Å²) in [4.78, 5) is 0. The van der Waals surface area contributed by atoms with Crippen LogP contribution in [0.25, 0.3) is 0 Å². The summed E-state index contributed by atoms with van der Waals surface area (Å²) in [5.41, 5.74) is 6.37. The third kappa shape index (κ3) is 2.23. The average molecular weight is 154 g/mol. The number of aryl methyl sites for hydroxylation is 1. The van der Waals surface area contributed by atoms with Crippen LogP contribution in [0.3, 0.4) is 0 Å². The lowest BCUT2D eigenvalue weighted by Gasteiger charge is -1.97. The first kappa shape index (κ1) is 8.07. The first-order valence-electron chi connectivity index (χ1n) is 3.83. The molecule has 0 aromatic carbocycles. The van der Waals surface area contributed by atoms with Crippen LogP contribution >= 0.6 is 0 Å². The van der Waals surface area contributed by atoms with Crippen molar-refractivity contribution in [2.75, 3.05) is 18.4 Å². The van der Waals surface area contributed by atoms with Gasteiger partial charge in [0.2, 0.25) is 0 Å². The maximum absolute atomic E-state index is 5.33. The highest BCUT2D eigenvalue weighted by molar-refractivity contribution is 5.37. The van der Waals surface area contributed by atoms with Crippen molar-refractivity contribution in [2.24, 2.45) is 5.73 Å². The van der Waals surface area contributed by atoms with E-state index in [0.717, 1.165) is 18.8 Å². The first-order chi connectivity index (χ1) is 5.36. The number of nitrogens with zero attached hydrogens (tertiary/aromatic N) is 2. The van der Waals surface area contributed by atoms with E-state index < -0.39 is 0 Å². The molecule has 62 valence electrons. The third-order valence-corrected chi connectivity index (χ3v) is 1.43. The summed E-state index contributed by atoms with van der Waals surface area (Å²) in [5.74, 6) is 0. The SMILES string of the molecule is CCn1cc(NCCN)cn1. The Labute approximate surface area is 66.4 Å². The maximum atomic E-state index is 5.33. The molecular weight excluding hydrogens is 140 g/mol. The Morgan fingerprint density at radius 3 is 3.09 bits per heavy atom. The molecule has 0 atom stereocenters. The molecule has 4 heteroatoms. The van der Waals surface area contributed by atoms with E-state index >= 15 is 0 Å². The van der Waals surface area contributed by atoms with Crippen LogP contribution in [0, 0.1) is 0 Å².